The molecule has 0 bridgehead atoms. The summed E-state index contributed by atoms with van der Waals surface area (Å²) in [5.74, 6) is 0. The molecule has 1 saturated carbocycles. The standard InChI is InChI=1S/C21H40OSi2/c1-12-14-18(23(7,8)9)17-15-16-19(21(17,6)13-2)22-24(10,11)20(3,4)5/h12-13,19H,1-2,14-16H2,3-11H3/b18-17-/t19-,21-/m0/s1. The van der Waals surface area contributed by atoms with Crippen molar-refractivity contribution in [2.45, 2.75) is 90.8 Å². The molecule has 0 aromatic heterocycles. The van der Waals surface area contributed by atoms with Gasteiger partial charge in [0.15, 0.2) is 8.32 Å². The zero-order valence-corrected chi connectivity index (χ0v) is 19.7. The zero-order valence-electron chi connectivity index (χ0n) is 17.7. The van der Waals surface area contributed by atoms with E-state index in [1.54, 1.807) is 10.8 Å². The summed E-state index contributed by atoms with van der Waals surface area (Å²) in [4.78, 5) is 0. The lowest BCUT2D eigenvalue weighted by atomic mass is 9.82. The van der Waals surface area contributed by atoms with Crippen LogP contribution in [0.15, 0.2) is 36.1 Å². The molecule has 0 N–H and O–H groups in total. The van der Waals surface area contributed by atoms with Crippen molar-refractivity contribution >= 4 is 16.4 Å². The molecule has 1 nitrogen and oxygen atoms in total. The third-order valence-electron chi connectivity index (χ3n) is 6.26. The number of rotatable bonds is 6. The summed E-state index contributed by atoms with van der Waals surface area (Å²) in [5.41, 5.74) is 1.56. The van der Waals surface area contributed by atoms with E-state index in [2.05, 4.69) is 85.7 Å². The second-order valence-corrected chi connectivity index (χ2v) is 20.0. The van der Waals surface area contributed by atoms with E-state index in [0.29, 0.717) is 0 Å². The van der Waals surface area contributed by atoms with Gasteiger partial charge in [-0.1, -0.05) is 63.3 Å². The Bertz CT molecular complexity index is 517. The van der Waals surface area contributed by atoms with Gasteiger partial charge >= 0.3 is 0 Å². The van der Waals surface area contributed by atoms with Crippen LogP contribution in [0.5, 0.6) is 0 Å². The van der Waals surface area contributed by atoms with Crippen LogP contribution in [0.3, 0.4) is 0 Å². The summed E-state index contributed by atoms with van der Waals surface area (Å²) in [6, 6.07) is 0. The lowest BCUT2D eigenvalue weighted by Gasteiger charge is -2.43. The summed E-state index contributed by atoms with van der Waals surface area (Å²) in [5, 5.41) is 1.89. The molecule has 1 rings (SSSR count). The van der Waals surface area contributed by atoms with E-state index < -0.39 is 16.4 Å². The molecule has 0 unspecified atom stereocenters. The van der Waals surface area contributed by atoms with Crippen LogP contribution in [0.25, 0.3) is 0 Å². The fraction of sp³-hybridized carbons (Fsp3) is 0.714. The molecule has 2 atom stereocenters. The molecule has 0 saturated heterocycles. The Kier molecular flexibility index (Phi) is 6.39. The molecule has 138 valence electrons. The maximum Gasteiger partial charge on any atom is 0.192 e. The molecule has 0 aliphatic heterocycles. The molecule has 0 amide bonds. The smallest absolute Gasteiger partial charge is 0.192 e. The molecular weight excluding hydrogens is 324 g/mol. The van der Waals surface area contributed by atoms with Crippen LogP contribution in [-0.4, -0.2) is 22.5 Å². The normalized spacial score (nSPS) is 28.0. The average molecular weight is 365 g/mol. The van der Waals surface area contributed by atoms with Crippen molar-refractivity contribution in [1.82, 2.24) is 0 Å². The van der Waals surface area contributed by atoms with E-state index in [-0.39, 0.29) is 16.6 Å². The summed E-state index contributed by atoms with van der Waals surface area (Å²) in [6.07, 6.45) is 7.79. The Morgan fingerprint density at radius 2 is 1.75 bits per heavy atom. The molecule has 0 aromatic rings. The maximum absolute atomic E-state index is 6.86. The predicted molar refractivity (Wildman–Crippen MR) is 115 cm³/mol. The van der Waals surface area contributed by atoms with Gasteiger partial charge in [-0.05, 0) is 44.3 Å². The van der Waals surface area contributed by atoms with Crippen molar-refractivity contribution in [3.8, 4) is 0 Å². The minimum atomic E-state index is -1.78. The van der Waals surface area contributed by atoms with Gasteiger partial charge in [0.05, 0.1) is 14.2 Å². The SMILES string of the molecule is C=CC/C(=C1\CC[C@H](O[Si](C)(C)C(C)(C)C)[C@@]1(C)C=C)[Si](C)(C)C. The largest absolute Gasteiger partial charge is 0.413 e. The molecule has 1 fully saturated rings. The topological polar surface area (TPSA) is 9.23 Å². The van der Waals surface area contributed by atoms with Crippen LogP contribution in [0.1, 0.15) is 47.0 Å². The van der Waals surface area contributed by atoms with Crippen molar-refractivity contribution < 1.29 is 4.43 Å². The molecule has 0 radical (unpaired) electrons. The highest BCUT2D eigenvalue weighted by molar-refractivity contribution is 6.83. The maximum atomic E-state index is 6.86. The lowest BCUT2D eigenvalue weighted by Crippen LogP contribution is -2.47. The zero-order chi connectivity index (χ0) is 19.0. The highest BCUT2D eigenvalue weighted by Gasteiger charge is 2.48. The fourth-order valence-electron chi connectivity index (χ4n) is 3.51. The first-order valence-corrected chi connectivity index (χ1v) is 15.8. The molecule has 0 spiro atoms. The molecular formula is C21H40OSi2. The van der Waals surface area contributed by atoms with E-state index in [9.17, 15) is 0 Å². The first-order valence-electron chi connectivity index (χ1n) is 9.36. The van der Waals surface area contributed by atoms with Crippen LogP contribution < -0.4 is 0 Å². The van der Waals surface area contributed by atoms with Crippen LogP contribution in [-0.2, 0) is 4.43 Å². The van der Waals surface area contributed by atoms with E-state index in [4.69, 9.17) is 4.43 Å². The molecule has 3 heteroatoms. The van der Waals surface area contributed by atoms with Crippen LogP contribution in [0.4, 0.5) is 0 Å². The first-order chi connectivity index (χ1) is 10.7. The van der Waals surface area contributed by atoms with Gasteiger partial charge in [-0.3, -0.25) is 0 Å². The fourth-order valence-corrected chi connectivity index (χ4v) is 6.99. The second-order valence-electron chi connectivity index (χ2n) is 10.1. The number of hydrogen-bond acceptors (Lipinski definition) is 1. The van der Waals surface area contributed by atoms with Crippen molar-refractivity contribution in [1.29, 1.82) is 0 Å². The monoisotopic (exact) mass is 364 g/mol. The van der Waals surface area contributed by atoms with E-state index >= 15 is 0 Å². The van der Waals surface area contributed by atoms with Crippen molar-refractivity contribution in [3.63, 3.8) is 0 Å². The van der Waals surface area contributed by atoms with Crippen LogP contribution in [0.2, 0.25) is 37.8 Å². The van der Waals surface area contributed by atoms with Gasteiger partial charge in [0.1, 0.15) is 0 Å². The van der Waals surface area contributed by atoms with Gasteiger partial charge in [-0.25, -0.2) is 0 Å². The van der Waals surface area contributed by atoms with Crippen LogP contribution >= 0.6 is 0 Å². The van der Waals surface area contributed by atoms with Gasteiger partial charge in [-0.2, -0.15) is 0 Å². The molecule has 1 aliphatic rings. The summed E-state index contributed by atoms with van der Waals surface area (Å²) in [7, 11) is -3.17. The van der Waals surface area contributed by atoms with Crippen molar-refractivity contribution in [2.24, 2.45) is 5.41 Å². The highest BCUT2D eigenvalue weighted by atomic mass is 28.4. The Balaban J connectivity index is 3.33. The van der Waals surface area contributed by atoms with E-state index in [1.807, 2.05) is 0 Å². The van der Waals surface area contributed by atoms with Crippen molar-refractivity contribution in [2.75, 3.05) is 0 Å². The molecule has 0 heterocycles. The van der Waals surface area contributed by atoms with E-state index in [0.717, 1.165) is 19.3 Å². The molecule has 24 heavy (non-hydrogen) atoms. The highest BCUT2D eigenvalue weighted by Crippen LogP contribution is 2.51. The Morgan fingerprint density at radius 3 is 2.12 bits per heavy atom. The number of hydrogen-bond donors (Lipinski definition) is 0. The van der Waals surface area contributed by atoms with Gasteiger partial charge in [0.2, 0.25) is 0 Å². The predicted octanol–water partition coefficient (Wildman–Crippen LogP) is 7.11. The third kappa shape index (κ3) is 4.23. The minimum absolute atomic E-state index is 0.0336. The molecule has 1 aliphatic carbocycles. The lowest BCUT2D eigenvalue weighted by molar-refractivity contribution is 0.121. The van der Waals surface area contributed by atoms with E-state index in [1.165, 1.54) is 0 Å². The number of allylic oxidation sites excluding steroid dienone is 2. The van der Waals surface area contributed by atoms with Gasteiger partial charge in [0, 0.05) is 5.41 Å². The average Bonchev–Trinajstić information content (AvgIpc) is 2.71. The molecule has 0 aromatic carbocycles. The van der Waals surface area contributed by atoms with Gasteiger partial charge < -0.3 is 4.43 Å². The quantitative estimate of drug-likeness (QED) is 0.360. The van der Waals surface area contributed by atoms with Crippen molar-refractivity contribution in [3.05, 3.63) is 36.1 Å². The Labute approximate surface area is 153 Å². The summed E-state index contributed by atoms with van der Waals surface area (Å²) < 4.78 is 6.86. The summed E-state index contributed by atoms with van der Waals surface area (Å²) in [6.45, 7) is 29.6. The Morgan fingerprint density at radius 1 is 1.21 bits per heavy atom. The third-order valence-corrected chi connectivity index (χ3v) is 13.1. The Hall–Kier alpha value is -0.386. The van der Waals surface area contributed by atoms with Gasteiger partial charge in [-0.15, -0.1) is 13.2 Å². The minimum Gasteiger partial charge on any atom is -0.413 e. The van der Waals surface area contributed by atoms with Gasteiger partial charge in [0.25, 0.3) is 0 Å². The van der Waals surface area contributed by atoms with Crippen LogP contribution in [0, 0.1) is 5.41 Å². The summed E-state index contributed by atoms with van der Waals surface area (Å²) >= 11 is 0. The first kappa shape index (κ1) is 21.7. The second kappa shape index (κ2) is 7.09.